The molecule has 2 atom stereocenters. The highest BCUT2D eigenvalue weighted by Gasteiger charge is 2.41. The lowest BCUT2D eigenvalue weighted by Crippen LogP contribution is -2.57. The van der Waals surface area contributed by atoms with Crippen molar-refractivity contribution in [3.8, 4) is 11.5 Å². The van der Waals surface area contributed by atoms with E-state index in [-0.39, 0.29) is 17.9 Å². The van der Waals surface area contributed by atoms with Crippen molar-refractivity contribution in [1.82, 2.24) is 4.90 Å². The van der Waals surface area contributed by atoms with Gasteiger partial charge in [-0.15, -0.1) is 0 Å². The van der Waals surface area contributed by atoms with Crippen LogP contribution in [0.2, 0.25) is 0 Å². The Hall–Kier alpha value is -3.28. The fraction of sp³-hybridized carbons (Fsp3) is 0.273. The number of benzene rings is 2. The normalized spacial score (nSPS) is 18.9. The van der Waals surface area contributed by atoms with Crippen LogP contribution in [0.25, 0.3) is 6.08 Å². The quantitative estimate of drug-likeness (QED) is 0.812. The van der Waals surface area contributed by atoms with Crippen LogP contribution in [0.15, 0.2) is 54.1 Å². The Bertz CT molecular complexity index is 936. The molecule has 0 radical (unpaired) electrons. The second-order valence-corrected chi connectivity index (χ2v) is 6.90. The number of carbonyl (C=O) groups excluding carboxylic acids is 2. The molecular formula is C22H22N2O4. The first kappa shape index (κ1) is 18.1. The Kier molecular flexibility index (Phi) is 4.77. The Morgan fingerprint density at radius 3 is 2.61 bits per heavy atom. The van der Waals surface area contributed by atoms with Crippen molar-refractivity contribution in [3.63, 3.8) is 0 Å². The highest BCUT2D eigenvalue weighted by Crippen LogP contribution is 2.34. The molecule has 2 unspecified atom stereocenters. The van der Waals surface area contributed by atoms with E-state index in [4.69, 9.17) is 9.47 Å². The number of hydrogen-bond acceptors (Lipinski definition) is 4. The van der Waals surface area contributed by atoms with E-state index in [0.717, 1.165) is 16.9 Å². The smallest absolute Gasteiger partial charge is 0.251 e. The number of likely N-dealkylation sites (tertiary alicyclic amines) is 1. The third kappa shape index (κ3) is 3.33. The Morgan fingerprint density at radius 2 is 1.96 bits per heavy atom. The van der Waals surface area contributed by atoms with E-state index in [9.17, 15) is 9.59 Å². The van der Waals surface area contributed by atoms with E-state index < -0.39 is 6.04 Å². The van der Waals surface area contributed by atoms with Crippen LogP contribution in [0.3, 0.4) is 0 Å². The van der Waals surface area contributed by atoms with Crippen LogP contribution in [0.4, 0.5) is 5.69 Å². The number of para-hydroxylation sites is 1. The van der Waals surface area contributed by atoms with Gasteiger partial charge in [0.15, 0.2) is 0 Å². The maximum absolute atomic E-state index is 13.2. The first-order chi connectivity index (χ1) is 13.6. The molecule has 0 spiro atoms. The number of rotatable bonds is 5. The second kappa shape index (κ2) is 7.38. The summed E-state index contributed by atoms with van der Waals surface area (Å²) in [5, 5.41) is 2.92. The predicted molar refractivity (Wildman–Crippen MR) is 106 cm³/mol. The van der Waals surface area contributed by atoms with Crippen LogP contribution in [0.1, 0.15) is 18.9 Å². The molecule has 0 bridgehead atoms. The number of amides is 2. The van der Waals surface area contributed by atoms with Gasteiger partial charge in [0, 0.05) is 29.8 Å². The third-order valence-corrected chi connectivity index (χ3v) is 5.13. The number of hydrogen-bond donors (Lipinski definition) is 1. The third-order valence-electron chi connectivity index (χ3n) is 5.13. The monoisotopic (exact) mass is 378 g/mol. The first-order valence-corrected chi connectivity index (χ1v) is 9.28. The molecule has 1 saturated heterocycles. The van der Waals surface area contributed by atoms with Crippen molar-refractivity contribution in [2.24, 2.45) is 0 Å². The molecule has 2 aromatic rings. The molecule has 28 heavy (non-hydrogen) atoms. The summed E-state index contributed by atoms with van der Waals surface area (Å²) >= 11 is 0. The zero-order valence-electron chi connectivity index (χ0n) is 15.8. The highest BCUT2D eigenvalue weighted by atomic mass is 16.5. The molecule has 2 aliphatic heterocycles. The van der Waals surface area contributed by atoms with E-state index in [1.54, 1.807) is 36.3 Å². The minimum Gasteiger partial charge on any atom is -0.497 e. The van der Waals surface area contributed by atoms with Crippen molar-refractivity contribution in [2.75, 3.05) is 19.0 Å². The van der Waals surface area contributed by atoms with E-state index in [0.29, 0.717) is 24.4 Å². The lowest BCUT2D eigenvalue weighted by Gasteiger charge is -2.40. The van der Waals surface area contributed by atoms with Crippen molar-refractivity contribution in [1.29, 1.82) is 0 Å². The van der Waals surface area contributed by atoms with Crippen molar-refractivity contribution < 1.29 is 19.1 Å². The summed E-state index contributed by atoms with van der Waals surface area (Å²) in [5.41, 5.74) is 2.33. The van der Waals surface area contributed by atoms with Crippen molar-refractivity contribution in [2.45, 2.75) is 25.5 Å². The van der Waals surface area contributed by atoms with Crippen LogP contribution < -0.4 is 14.8 Å². The van der Waals surface area contributed by atoms with Crippen LogP contribution >= 0.6 is 0 Å². The molecule has 6 nitrogen and oxygen atoms in total. The fourth-order valence-electron chi connectivity index (χ4n) is 3.53. The molecule has 2 aliphatic rings. The van der Waals surface area contributed by atoms with Gasteiger partial charge in [-0.25, -0.2) is 0 Å². The fourth-order valence-corrected chi connectivity index (χ4v) is 3.53. The summed E-state index contributed by atoms with van der Waals surface area (Å²) in [7, 11) is 1.59. The second-order valence-electron chi connectivity index (χ2n) is 6.90. The molecule has 144 valence electrons. The van der Waals surface area contributed by atoms with Gasteiger partial charge in [0.05, 0.1) is 7.11 Å². The van der Waals surface area contributed by atoms with Crippen molar-refractivity contribution >= 4 is 23.6 Å². The maximum Gasteiger partial charge on any atom is 0.251 e. The minimum absolute atomic E-state index is 0.0261. The van der Waals surface area contributed by atoms with Crippen LogP contribution in [0.5, 0.6) is 11.5 Å². The van der Waals surface area contributed by atoms with Gasteiger partial charge in [0.1, 0.15) is 23.6 Å². The number of anilines is 1. The van der Waals surface area contributed by atoms with Gasteiger partial charge in [-0.05, 0) is 43.3 Å². The summed E-state index contributed by atoms with van der Waals surface area (Å²) < 4.78 is 11.2. The van der Waals surface area contributed by atoms with Gasteiger partial charge in [0.25, 0.3) is 5.91 Å². The summed E-state index contributed by atoms with van der Waals surface area (Å²) in [6.07, 6.45) is 2.12. The molecule has 0 saturated carbocycles. The molecule has 0 aromatic heterocycles. The first-order valence-electron chi connectivity index (χ1n) is 9.28. The van der Waals surface area contributed by atoms with Crippen LogP contribution in [0, 0.1) is 0 Å². The van der Waals surface area contributed by atoms with Gasteiger partial charge in [-0.1, -0.05) is 18.2 Å². The Balaban J connectivity index is 1.64. The standard InChI is InChI=1S/C22H22N2O4/c1-14-18(13-15-5-3-4-6-19(15)28-14)21(24-12-11-20(24)25)22(26)23-16-7-9-17(27-2)10-8-16/h3-10,13-14,21H,11-12H2,1-2H3,(H,23,26). The largest absolute Gasteiger partial charge is 0.497 e. The zero-order chi connectivity index (χ0) is 19.7. The number of fused-ring (bicyclic) bond motifs is 1. The van der Waals surface area contributed by atoms with Gasteiger partial charge >= 0.3 is 0 Å². The lowest BCUT2D eigenvalue weighted by atomic mass is 9.92. The van der Waals surface area contributed by atoms with Crippen LogP contribution in [-0.4, -0.2) is 42.5 Å². The lowest BCUT2D eigenvalue weighted by molar-refractivity contribution is -0.146. The van der Waals surface area contributed by atoms with E-state index >= 15 is 0 Å². The number of carbonyl (C=O) groups is 2. The summed E-state index contributed by atoms with van der Waals surface area (Å²) in [4.78, 5) is 26.9. The molecule has 6 heteroatoms. The van der Waals surface area contributed by atoms with Crippen LogP contribution in [-0.2, 0) is 9.59 Å². The highest BCUT2D eigenvalue weighted by molar-refractivity contribution is 6.01. The van der Waals surface area contributed by atoms with Crippen molar-refractivity contribution in [3.05, 3.63) is 59.7 Å². The molecule has 2 amide bonds. The van der Waals surface area contributed by atoms with Gasteiger partial charge in [-0.2, -0.15) is 0 Å². The zero-order valence-corrected chi connectivity index (χ0v) is 15.8. The maximum atomic E-state index is 13.2. The number of nitrogens with one attached hydrogen (secondary N) is 1. The number of nitrogens with zero attached hydrogens (tertiary/aromatic N) is 1. The topological polar surface area (TPSA) is 67.9 Å². The SMILES string of the molecule is COc1ccc(NC(=O)C(C2=Cc3ccccc3OC2C)N2CCC2=O)cc1. The molecular weight excluding hydrogens is 356 g/mol. The van der Waals surface area contributed by atoms with E-state index in [1.807, 2.05) is 37.3 Å². The average molecular weight is 378 g/mol. The summed E-state index contributed by atoms with van der Waals surface area (Å²) in [6.45, 7) is 2.46. The van der Waals surface area contributed by atoms with Gasteiger partial charge < -0.3 is 19.7 Å². The van der Waals surface area contributed by atoms with E-state index in [1.165, 1.54) is 0 Å². The molecule has 1 N–H and O–H groups in total. The number of ether oxygens (including phenoxy) is 2. The molecule has 4 rings (SSSR count). The van der Waals surface area contributed by atoms with E-state index in [2.05, 4.69) is 5.32 Å². The molecule has 0 aliphatic carbocycles. The molecule has 2 heterocycles. The molecule has 2 aromatic carbocycles. The predicted octanol–water partition coefficient (Wildman–Crippen LogP) is 3.10. The van der Waals surface area contributed by atoms with Gasteiger partial charge in [0.2, 0.25) is 5.91 Å². The minimum atomic E-state index is -0.702. The van der Waals surface area contributed by atoms with Gasteiger partial charge in [-0.3, -0.25) is 9.59 Å². The molecule has 1 fully saturated rings. The summed E-state index contributed by atoms with van der Waals surface area (Å²) in [6, 6.07) is 14.1. The number of β-lactam (4-membered cyclic amide) rings is 1. The Morgan fingerprint density at radius 1 is 1.21 bits per heavy atom. The number of methoxy groups -OCH3 is 1. The Labute approximate surface area is 163 Å². The average Bonchev–Trinajstić information content (AvgIpc) is 2.71. The summed E-state index contributed by atoms with van der Waals surface area (Å²) in [5.74, 6) is 1.21.